The van der Waals surface area contributed by atoms with Crippen LogP contribution in [0.4, 0.5) is 4.79 Å². The van der Waals surface area contributed by atoms with Crippen molar-refractivity contribution in [3.63, 3.8) is 0 Å². The number of rotatable bonds is 2. The minimum atomic E-state index is -1.25. The zero-order chi connectivity index (χ0) is 11.5. The lowest BCUT2D eigenvalue weighted by molar-refractivity contribution is 0.119. The van der Waals surface area contributed by atoms with Crippen LogP contribution >= 0.6 is 0 Å². The van der Waals surface area contributed by atoms with E-state index in [4.69, 9.17) is 4.74 Å². The van der Waals surface area contributed by atoms with Gasteiger partial charge in [-0.05, 0) is 31.4 Å². The predicted octanol–water partition coefficient (Wildman–Crippen LogP) is 1.91. The fraction of sp³-hybridized carbons (Fsp3) is 0.417. The van der Waals surface area contributed by atoms with Crippen LogP contribution in [0.15, 0.2) is 24.3 Å². The summed E-state index contributed by atoms with van der Waals surface area (Å²) < 4.78 is 5.74. The summed E-state index contributed by atoms with van der Waals surface area (Å²) in [6, 6.07) is 7.58. The fourth-order valence-electron chi connectivity index (χ4n) is 1.98. The van der Waals surface area contributed by atoms with Crippen molar-refractivity contribution >= 4 is 6.09 Å². The molecular weight excluding hydrogens is 206 g/mol. The summed E-state index contributed by atoms with van der Waals surface area (Å²) in [5, 5.41) is 12.7. The number of amides is 1. The molecule has 1 amide bonds. The van der Waals surface area contributed by atoms with E-state index in [1.807, 2.05) is 24.3 Å². The van der Waals surface area contributed by atoms with Crippen LogP contribution in [0.2, 0.25) is 0 Å². The van der Waals surface area contributed by atoms with Gasteiger partial charge in [-0.25, -0.2) is 9.90 Å². The summed E-state index contributed by atoms with van der Waals surface area (Å²) in [4.78, 5) is 10.4. The van der Waals surface area contributed by atoms with Crippen molar-refractivity contribution in [3.05, 3.63) is 29.8 Å². The number of carbonyl (C=O) groups excluding carboxylic acids is 1. The van der Waals surface area contributed by atoms with Gasteiger partial charge in [0, 0.05) is 0 Å². The molecule has 0 bridgehead atoms. The average Bonchev–Trinajstić information content (AvgIpc) is 2.27. The molecule has 0 aromatic heterocycles. The van der Waals surface area contributed by atoms with Crippen LogP contribution in [0.25, 0.3) is 0 Å². The summed E-state index contributed by atoms with van der Waals surface area (Å²) in [5.41, 5.74) is 1.18. The Morgan fingerprint density at radius 1 is 1.50 bits per heavy atom. The van der Waals surface area contributed by atoms with Gasteiger partial charge < -0.3 is 10.1 Å². The molecule has 2 unspecified atom stereocenters. The van der Waals surface area contributed by atoms with Crippen molar-refractivity contribution < 1.29 is 14.6 Å². The monoisotopic (exact) mass is 220 g/mol. The van der Waals surface area contributed by atoms with E-state index in [1.165, 1.54) is 5.56 Å². The van der Waals surface area contributed by atoms with Crippen molar-refractivity contribution in [1.82, 2.24) is 5.32 Å². The predicted molar refractivity (Wildman–Crippen MR) is 57.9 cm³/mol. The number of fused-ring (bicyclic) bond motifs is 1. The van der Waals surface area contributed by atoms with Crippen molar-refractivity contribution in [2.75, 3.05) is 0 Å². The van der Waals surface area contributed by atoms with Crippen LogP contribution in [0, 0.1) is 0 Å². The molecule has 1 aromatic carbocycles. The van der Waals surface area contributed by atoms with Gasteiger partial charge in [-0.1, -0.05) is 18.2 Å². The highest BCUT2D eigenvalue weighted by atomic mass is 16.5. The SMILES string of the molecule is CC(NC([O])=O)C1CCc2ccccc2O1. The molecule has 0 saturated heterocycles. The number of para-hydroxylation sites is 1. The van der Waals surface area contributed by atoms with E-state index in [-0.39, 0.29) is 12.1 Å². The minimum absolute atomic E-state index is 0.118. The smallest absolute Gasteiger partial charge is 0.450 e. The molecular formula is C12H14NO3. The van der Waals surface area contributed by atoms with E-state index >= 15 is 0 Å². The quantitative estimate of drug-likeness (QED) is 0.827. The number of aryl methyl sites for hydroxylation is 1. The lowest BCUT2D eigenvalue weighted by Gasteiger charge is -2.29. The second-order valence-corrected chi connectivity index (χ2v) is 4.02. The second kappa shape index (κ2) is 4.43. The van der Waals surface area contributed by atoms with Gasteiger partial charge in [-0.15, -0.1) is 0 Å². The Bertz CT molecular complexity index is 392. The molecule has 85 valence electrons. The summed E-state index contributed by atoms with van der Waals surface area (Å²) in [7, 11) is 0. The Hall–Kier alpha value is -1.71. The van der Waals surface area contributed by atoms with Gasteiger partial charge in [-0.2, -0.15) is 0 Å². The van der Waals surface area contributed by atoms with Crippen molar-refractivity contribution in [2.45, 2.75) is 31.9 Å². The van der Waals surface area contributed by atoms with E-state index < -0.39 is 6.09 Å². The number of carbonyl (C=O) groups is 1. The third kappa shape index (κ3) is 2.27. The first-order valence-electron chi connectivity index (χ1n) is 5.39. The molecule has 0 aliphatic carbocycles. The van der Waals surface area contributed by atoms with Crippen LogP contribution < -0.4 is 10.1 Å². The van der Waals surface area contributed by atoms with E-state index in [2.05, 4.69) is 5.32 Å². The van der Waals surface area contributed by atoms with Crippen LogP contribution in [-0.2, 0) is 11.5 Å². The largest absolute Gasteiger partial charge is 0.488 e. The van der Waals surface area contributed by atoms with Gasteiger partial charge >= 0.3 is 6.09 Å². The Balaban J connectivity index is 2.05. The number of hydrogen-bond acceptors (Lipinski definition) is 2. The molecule has 2 atom stereocenters. The van der Waals surface area contributed by atoms with Crippen LogP contribution in [0.1, 0.15) is 18.9 Å². The summed E-state index contributed by atoms with van der Waals surface area (Å²) in [5.74, 6) is 0.853. The molecule has 1 heterocycles. The zero-order valence-corrected chi connectivity index (χ0v) is 9.10. The van der Waals surface area contributed by atoms with Crippen LogP contribution in [-0.4, -0.2) is 18.2 Å². The normalized spacial score (nSPS) is 20.4. The Labute approximate surface area is 94.2 Å². The summed E-state index contributed by atoms with van der Waals surface area (Å²) in [6.45, 7) is 1.79. The molecule has 1 aliphatic heterocycles. The first kappa shape index (κ1) is 10.8. The van der Waals surface area contributed by atoms with Crippen molar-refractivity contribution in [2.24, 2.45) is 0 Å². The molecule has 1 aromatic rings. The van der Waals surface area contributed by atoms with Gasteiger partial charge in [0.25, 0.3) is 0 Å². The highest BCUT2D eigenvalue weighted by molar-refractivity contribution is 5.64. The van der Waals surface area contributed by atoms with Crippen molar-refractivity contribution in [1.29, 1.82) is 0 Å². The Kier molecular flexibility index (Phi) is 2.99. The van der Waals surface area contributed by atoms with Gasteiger partial charge in [0.15, 0.2) is 0 Å². The van der Waals surface area contributed by atoms with Gasteiger partial charge in [0.2, 0.25) is 0 Å². The van der Waals surface area contributed by atoms with E-state index in [0.29, 0.717) is 0 Å². The molecule has 2 rings (SSSR count). The third-order valence-electron chi connectivity index (χ3n) is 2.85. The highest BCUT2D eigenvalue weighted by Crippen LogP contribution is 2.28. The molecule has 1 aliphatic rings. The molecule has 0 fully saturated rings. The van der Waals surface area contributed by atoms with Crippen molar-refractivity contribution in [3.8, 4) is 5.75 Å². The maximum atomic E-state index is 10.4. The molecule has 0 spiro atoms. The van der Waals surface area contributed by atoms with Gasteiger partial charge in [0.05, 0.1) is 6.04 Å². The maximum Gasteiger partial charge on any atom is 0.450 e. The van der Waals surface area contributed by atoms with E-state index in [0.717, 1.165) is 18.6 Å². The number of benzene rings is 1. The fourth-order valence-corrected chi connectivity index (χ4v) is 1.98. The molecule has 4 heteroatoms. The first-order chi connectivity index (χ1) is 7.66. The molecule has 4 nitrogen and oxygen atoms in total. The molecule has 0 saturated carbocycles. The third-order valence-corrected chi connectivity index (χ3v) is 2.85. The second-order valence-electron chi connectivity index (χ2n) is 4.02. The maximum absolute atomic E-state index is 10.4. The molecule has 1 N–H and O–H groups in total. The standard InChI is InChI=1S/C12H14NO3/c1-8(13-12(14)15)10-7-6-9-4-2-3-5-11(9)16-10/h2-5,8,10,13H,6-7H2,1H3. The minimum Gasteiger partial charge on any atom is -0.488 e. The zero-order valence-electron chi connectivity index (χ0n) is 9.10. The first-order valence-corrected chi connectivity index (χ1v) is 5.39. The molecule has 1 radical (unpaired) electrons. The Morgan fingerprint density at radius 3 is 3.00 bits per heavy atom. The number of ether oxygens (including phenoxy) is 1. The number of nitrogens with one attached hydrogen (secondary N) is 1. The summed E-state index contributed by atoms with van der Waals surface area (Å²) >= 11 is 0. The van der Waals surface area contributed by atoms with Crippen LogP contribution in [0.5, 0.6) is 5.75 Å². The number of hydrogen-bond donors (Lipinski definition) is 1. The average molecular weight is 220 g/mol. The highest BCUT2D eigenvalue weighted by Gasteiger charge is 2.25. The van der Waals surface area contributed by atoms with Crippen LogP contribution in [0.3, 0.4) is 0 Å². The topological polar surface area (TPSA) is 58.2 Å². The van der Waals surface area contributed by atoms with Gasteiger partial charge in [0.1, 0.15) is 11.9 Å². The van der Waals surface area contributed by atoms with E-state index in [1.54, 1.807) is 6.92 Å². The lowest BCUT2D eigenvalue weighted by Crippen LogP contribution is -2.44. The molecule has 16 heavy (non-hydrogen) atoms. The summed E-state index contributed by atoms with van der Waals surface area (Å²) in [6.07, 6.45) is 0.362. The lowest BCUT2D eigenvalue weighted by atomic mass is 9.99. The van der Waals surface area contributed by atoms with Gasteiger partial charge in [-0.3, -0.25) is 0 Å². The van der Waals surface area contributed by atoms with E-state index in [9.17, 15) is 9.90 Å². The Morgan fingerprint density at radius 2 is 2.25 bits per heavy atom.